The van der Waals surface area contributed by atoms with Gasteiger partial charge in [0.2, 0.25) is 11.8 Å². The molecule has 4 aliphatic rings. The minimum Gasteiger partial charge on any atom is -0.497 e. The molecule has 0 aromatic heterocycles. The van der Waals surface area contributed by atoms with Crippen molar-refractivity contribution < 1.29 is 19.1 Å². The lowest BCUT2D eigenvalue weighted by molar-refractivity contribution is -0.143. The van der Waals surface area contributed by atoms with E-state index in [-0.39, 0.29) is 17.9 Å². The molecule has 28 heavy (non-hydrogen) atoms. The number of amides is 2. The van der Waals surface area contributed by atoms with Gasteiger partial charge in [0, 0.05) is 31.1 Å². The fourth-order valence-electron chi connectivity index (χ4n) is 4.98. The molecule has 2 bridgehead atoms. The molecule has 0 radical (unpaired) electrons. The molecule has 2 amide bonds. The molecule has 148 valence electrons. The van der Waals surface area contributed by atoms with Gasteiger partial charge in [0.05, 0.1) is 31.6 Å². The summed E-state index contributed by atoms with van der Waals surface area (Å²) in [6.45, 7) is 2.52. The van der Waals surface area contributed by atoms with Crippen LogP contribution in [0, 0.1) is 11.8 Å². The van der Waals surface area contributed by atoms with E-state index >= 15 is 0 Å². The number of carbonyl (C=O) groups excluding carboxylic acids is 2. The Kier molecular flexibility index (Phi) is 4.39. The summed E-state index contributed by atoms with van der Waals surface area (Å²) in [4.78, 5) is 30.3. The third-order valence-corrected chi connectivity index (χ3v) is 7.24. The SMILES string of the molecule is COc1cccc(CN2C[C@]34C=C[C@H](O3)[C@H](C(=O)N3CCSCC3)[C@@H]4C2=O)c1. The van der Waals surface area contributed by atoms with Crippen LogP contribution in [0.5, 0.6) is 5.75 Å². The number of hydrogen-bond donors (Lipinski definition) is 0. The molecule has 4 aliphatic heterocycles. The number of ether oxygens (including phenoxy) is 2. The fraction of sp³-hybridized carbons (Fsp3) is 0.524. The second kappa shape index (κ2) is 6.81. The van der Waals surface area contributed by atoms with Crippen LogP contribution in [0.3, 0.4) is 0 Å². The van der Waals surface area contributed by atoms with E-state index in [1.807, 2.05) is 58.0 Å². The Morgan fingerprint density at radius 3 is 2.96 bits per heavy atom. The molecule has 1 aromatic carbocycles. The lowest BCUT2D eigenvalue weighted by Crippen LogP contribution is -2.48. The Hall–Kier alpha value is -1.99. The molecule has 6 nitrogen and oxygen atoms in total. The van der Waals surface area contributed by atoms with Gasteiger partial charge in [-0.1, -0.05) is 24.3 Å². The summed E-state index contributed by atoms with van der Waals surface area (Å²) in [5.74, 6) is 2.01. The highest BCUT2D eigenvalue weighted by Gasteiger charge is 2.67. The predicted molar refractivity (Wildman–Crippen MR) is 106 cm³/mol. The van der Waals surface area contributed by atoms with E-state index in [0.717, 1.165) is 35.9 Å². The molecule has 1 aromatic rings. The van der Waals surface area contributed by atoms with Crippen LogP contribution in [0.1, 0.15) is 5.56 Å². The highest BCUT2D eigenvalue weighted by atomic mass is 32.2. The summed E-state index contributed by atoms with van der Waals surface area (Å²) in [6.07, 6.45) is 3.73. The van der Waals surface area contributed by atoms with Crippen LogP contribution in [-0.4, -0.2) is 71.6 Å². The standard InChI is InChI=1S/C21H24N2O4S/c1-26-15-4-2-3-14(11-15)12-23-13-21-6-5-16(27-21)17(18(21)20(23)25)19(24)22-7-9-28-10-8-22/h2-6,11,16-18H,7-10,12-13H2,1H3/t16-,17-,18+,21-/m0/s1. The molecule has 4 atom stereocenters. The summed E-state index contributed by atoms with van der Waals surface area (Å²) in [7, 11) is 1.64. The van der Waals surface area contributed by atoms with Crippen molar-refractivity contribution in [3.63, 3.8) is 0 Å². The van der Waals surface area contributed by atoms with Crippen LogP contribution in [0.15, 0.2) is 36.4 Å². The molecule has 0 aliphatic carbocycles. The molecule has 3 fully saturated rings. The number of methoxy groups -OCH3 is 1. The quantitative estimate of drug-likeness (QED) is 0.718. The topological polar surface area (TPSA) is 59.1 Å². The van der Waals surface area contributed by atoms with Gasteiger partial charge in [-0.3, -0.25) is 9.59 Å². The van der Waals surface area contributed by atoms with Crippen molar-refractivity contribution in [2.75, 3.05) is 38.2 Å². The zero-order valence-corrected chi connectivity index (χ0v) is 16.7. The van der Waals surface area contributed by atoms with E-state index in [2.05, 4.69) is 0 Å². The van der Waals surface area contributed by atoms with Gasteiger partial charge in [-0.15, -0.1) is 0 Å². The van der Waals surface area contributed by atoms with Crippen LogP contribution >= 0.6 is 11.8 Å². The summed E-state index contributed by atoms with van der Waals surface area (Å²) in [5, 5.41) is 0. The van der Waals surface area contributed by atoms with Crippen LogP contribution in [-0.2, 0) is 20.9 Å². The first kappa shape index (κ1) is 18.1. The minimum atomic E-state index is -0.647. The average molecular weight is 401 g/mol. The maximum absolute atomic E-state index is 13.3. The van der Waals surface area contributed by atoms with Gasteiger partial charge in [-0.05, 0) is 17.7 Å². The third-order valence-electron chi connectivity index (χ3n) is 6.29. The van der Waals surface area contributed by atoms with E-state index in [0.29, 0.717) is 13.1 Å². The molecule has 0 N–H and O–H groups in total. The highest BCUT2D eigenvalue weighted by molar-refractivity contribution is 7.99. The van der Waals surface area contributed by atoms with E-state index in [9.17, 15) is 9.59 Å². The van der Waals surface area contributed by atoms with E-state index in [1.54, 1.807) is 7.11 Å². The number of nitrogens with zero attached hydrogens (tertiary/aromatic N) is 2. The predicted octanol–water partition coefficient (Wildman–Crippen LogP) is 1.55. The van der Waals surface area contributed by atoms with Gasteiger partial charge >= 0.3 is 0 Å². The number of carbonyl (C=O) groups is 2. The first-order chi connectivity index (χ1) is 13.6. The van der Waals surface area contributed by atoms with Crippen molar-refractivity contribution in [2.24, 2.45) is 11.8 Å². The fourth-order valence-corrected chi connectivity index (χ4v) is 5.88. The van der Waals surface area contributed by atoms with Crippen LogP contribution < -0.4 is 4.74 Å². The van der Waals surface area contributed by atoms with Crippen molar-refractivity contribution in [1.29, 1.82) is 0 Å². The molecule has 7 heteroatoms. The van der Waals surface area contributed by atoms with Crippen molar-refractivity contribution in [1.82, 2.24) is 9.80 Å². The van der Waals surface area contributed by atoms with Crippen molar-refractivity contribution in [3.05, 3.63) is 42.0 Å². The van der Waals surface area contributed by atoms with Gasteiger partial charge in [0.25, 0.3) is 0 Å². The summed E-state index contributed by atoms with van der Waals surface area (Å²) in [5.41, 5.74) is 0.365. The first-order valence-electron chi connectivity index (χ1n) is 9.77. The first-order valence-corrected chi connectivity index (χ1v) is 10.9. The number of hydrogen-bond acceptors (Lipinski definition) is 5. The average Bonchev–Trinajstić information content (AvgIpc) is 3.37. The van der Waals surface area contributed by atoms with Crippen LogP contribution in [0.25, 0.3) is 0 Å². The number of thioether (sulfide) groups is 1. The third kappa shape index (κ3) is 2.75. The lowest BCUT2D eigenvalue weighted by atomic mass is 9.76. The van der Waals surface area contributed by atoms with E-state index < -0.39 is 17.4 Å². The Balaban J connectivity index is 1.38. The lowest BCUT2D eigenvalue weighted by Gasteiger charge is -2.32. The molecular formula is C21H24N2O4S. The summed E-state index contributed by atoms with van der Waals surface area (Å²) >= 11 is 1.87. The zero-order chi connectivity index (χ0) is 19.3. The smallest absolute Gasteiger partial charge is 0.230 e. The Bertz CT molecular complexity index is 837. The molecule has 0 unspecified atom stereocenters. The normalized spacial score (nSPS) is 33.5. The molecule has 0 saturated carbocycles. The zero-order valence-electron chi connectivity index (χ0n) is 15.9. The number of fused-ring (bicyclic) bond motifs is 1. The Morgan fingerprint density at radius 1 is 1.36 bits per heavy atom. The van der Waals surface area contributed by atoms with Crippen LogP contribution in [0.2, 0.25) is 0 Å². The highest BCUT2D eigenvalue weighted by Crippen LogP contribution is 2.52. The van der Waals surface area contributed by atoms with E-state index in [1.165, 1.54) is 0 Å². The van der Waals surface area contributed by atoms with Gasteiger partial charge in [0.15, 0.2) is 0 Å². The molecule has 5 rings (SSSR count). The maximum atomic E-state index is 13.3. The van der Waals surface area contributed by atoms with Gasteiger partial charge < -0.3 is 19.3 Å². The molecule has 1 spiro atoms. The molecule has 4 heterocycles. The van der Waals surface area contributed by atoms with Gasteiger partial charge in [0.1, 0.15) is 11.4 Å². The second-order valence-electron chi connectivity index (χ2n) is 7.88. The van der Waals surface area contributed by atoms with E-state index in [4.69, 9.17) is 9.47 Å². The number of benzene rings is 1. The largest absolute Gasteiger partial charge is 0.497 e. The van der Waals surface area contributed by atoms with Gasteiger partial charge in [-0.25, -0.2) is 0 Å². The van der Waals surface area contributed by atoms with Crippen molar-refractivity contribution in [2.45, 2.75) is 18.2 Å². The number of rotatable bonds is 4. The maximum Gasteiger partial charge on any atom is 0.230 e. The summed E-state index contributed by atoms with van der Waals surface area (Å²) < 4.78 is 11.5. The van der Waals surface area contributed by atoms with Crippen LogP contribution in [0.4, 0.5) is 0 Å². The van der Waals surface area contributed by atoms with Gasteiger partial charge in [-0.2, -0.15) is 11.8 Å². The number of likely N-dealkylation sites (tertiary alicyclic amines) is 1. The molecular weight excluding hydrogens is 376 g/mol. The van der Waals surface area contributed by atoms with Crippen molar-refractivity contribution >= 4 is 23.6 Å². The molecule has 3 saturated heterocycles. The minimum absolute atomic E-state index is 0.0272. The Morgan fingerprint density at radius 2 is 2.18 bits per heavy atom. The van der Waals surface area contributed by atoms with Crippen molar-refractivity contribution in [3.8, 4) is 5.75 Å². The summed E-state index contributed by atoms with van der Waals surface area (Å²) in [6, 6.07) is 7.75. The Labute approximate surface area is 168 Å². The monoisotopic (exact) mass is 400 g/mol. The second-order valence-corrected chi connectivity index (χ2v) is 9.11.